The van der Waals surface area contributed by atoms with Gasteiger partial charge in [-0.25, -0.2) is 0 Å². The van der Waals surface area contributed by atoms with Crippen LogP contribution in [-0.4, -0.2) is 0 Å². The molecule has 0 spiro atoms. The van der Waals surface area contributed by atoms with Gasteiger partial charge in [0.15, 0.2) is 0 Å². The molecule has 0 heterocycles. The summed E-state index contributed by atoms with van der Waals surface area (Å²) in [4.78, 5) is 10.3. The van der Waals surface area contributed by atoms with Gasteiger partial charge in [0.05, 0.1) is 0 Å². The summed E-state index contributed by atoms with van der Waals surface area (Å²) < 4.78 is 0. The minimum absolute atomic E-state index is 0.491. The zero-order valence-electron chi connectivity index (χ0n) is 7.95. The first kappa shape index (κ1) is 9.65. The molecule has 13 heavy (non-hydrogen) atoms. The standard InChI is InChI=1S/C11H13NO/c1-3-9(4-2)10-6-5-7-11(8-10)12-13/h3,5-8H,4H2,1-2H3/b9-3+. The van der Waals surface area contributed by atoms with E-state index in [1.54, 1.807) is 6.07 Å². The molecule has 1 aromatic rings. The van der Waals surface area contributed by atoms with Gasteiger partial charge in [0, 0.05) is 0 Å². The van der Waals surface area contributed by atoms with Crippen molar-refractivity contribution >= 4 is 11.3 Å². The Morgan fingerprint density at radius 1 is 1.54 bits per heavy atom. The number of rotatable bonds is 3. The average molecular weight is 175 g/mol. The Hall–Kier alpha value is -1.44. The lowest BCUT2D eigenvalue weighted by Crippen LogP contribution is -1.80. The fraction of sp³-hybridized carbons (Fsp3) is 0.273. The quantitative estimate of drug-likeness (QED) is 0.640. The topological polar surface area (TPSA) is 29.4 Å². The van der Waals surface area contributed by atoms with E-state index < -0.39 is 0 Å². The van der Waals surface area contributed by atoms with E-state index in [0.717, 1.165) is 12.0 Å². The zero-order valence-corrected chi connectivity index (χ0v) is 7.95. The lowest BCUT2D eigenvalue weighted by atomic mass is 10.0. The maximum absolute atomic E-state index is 10.3. The van der Waals surface area contributed by atoms with Gasteiger partial charge >= 0.3 is 0 Å². The Morgan fingerprint density at radius 2 is 2.31 bits per heavy atom. The van der Waals surface area contributed by atoms with E-state index >= 15 is 0 Å². The maximum Gasteiger partial charge on any atom is 0.108 e. The van der Waals surface area contributed by atoms with Gasteiger partial charge < -0.3 is 0 Å². The molecule has 0 saturated heterocycles. The molecule has 0 radical (unpaired) electrons. The molecule has 2 nitrogen and oxygen atoms in total. The Balaban J connectivity index is 3.07. The lowest BCUT2D eigenvalue weighted by Gasteiger charge is -2.03. The molecular formula is C11H13NO. The van der Waals surface area contributed by atoms with Crippen LogP contribution in [0.15, 0.2) is 35.5 Å². The van der Waals surface area contributed by atoms with Gasteiger partial charge in [-0.3, -0.25) is 0 Å². The monoisotopic (exact) mass is 175 g/mol. The molecule has 0 saturated carbocycles. The molecule has 0 amide bonds. The number of allylic oxidation sites excluding steroid dienone is 2. The van der Waals surface area contributed by atoms with Gasteiger partial charge in [0.1, 0.15) is 5.69 Å². The normalized spacial score (nSPS) is 11.4. The molecule has 0 aromatic heterocycles. The van der Waals surface area contributed by atoms with E-state index in [0.29, 0.717) is 5.69 Å². The Morgan fingerprint density at radius 3 is 2.85 bits per heavy atom. The second kappa shape index (κ2) is 4.55. The fourth-order valence-corrected chi connectivity index (χ4v) is 1.34. The molecule has 68 valence electrons. The molecule has 0 unspecified atom stereocenters. The highest BCUT2D eigenvalue weighted by Gasteiger charge is 1.99. The highest BCUT2D eigenvalue weighted by molar-refractivity contribution is 5.67. The summed E-state index contributed by atoms with van der Waals surface area (Å²) in [6.07, 6.45) is 3.03. The third-order valence-corrected chi connectivity index (χ3v) is 2.05. The molecule has 0 aliphatic carbocycles. The van der Waals surface area contributed by atoms with Gasteiger partial charge in [-0.15, -0.1) is 4.91 Å². The van der Waals surface area contributed by atoms with Crippen molar-refractivity contribution in [2.24, 2.45) is 5.18 Å². The van der Waals surface area contributed by atoms with E-state index in [1.165, 1.54) is 5.57 Å². The van der Waals surface area contributed by atoms with Crippen molar-refractivity contribution in [1.82, 2.24) is 0 Å². The zero-order chi connectivity index (χ0) is 9.68. The van der Waals surface area contributed by atoms with Crippen LogP contribution in [0.1, 0.15) is 25.8 Å². The van der Waals surface area contributed by atoms with Crippen molar-refractivity contribution in [2.75, 3.05) is 0 Å². The second-order valence-electron chi connectivity index (χ2n) is 2.81. The summed E-state index contributed by atoms with van der Waals surface area (Å²) in [6.45, 7) is 4.09. The third-order valence-electron chi connectivity index (χ3n) is 2.05. The van der Waals surface area contributed by atoms with Crippen LogP contribution < -0.4 is 0 Å². The van der Waals surface area contributed by atoms with Gasteiger partial charge in [-0.05, 0) is 41.8 Å². The first-order valence-corrected chi connectivity index (χ1v) is 4.40. The molecular weight excluding hydrogens is 162 g/mol. The van der Waals surface area contributed by atoms with E-state index in [9.17, 15) is 4.91 Å². The van der Waals surface area contributed by atoms with E-state index in [2.05, 4.69) is 18.2 Å². The highest BCUT2D eigenvalue weighted by Crippen LogP contribution is 2.22. The predicted octanol–water partition coefficient (Wildman–Crippen LogP) is 3.90. The second-order valence-corrected chi connectivity index (χ2v) is 2.81. The largest absolute Gasteiger partial charge is 0.145 e. The van der Waals surface area contributed by atoms with Gasteiger partial charge in [0.2, 0.25) is 0 Å². The molecule has 0 aliphatic heterocycles. The van der Waals surface area contributed by atoms with Gasteiger partial charge in [0.25, 0.3) is 0 Å². The Bertz CT molecular complexity index is 329. The van der Waals surface area contributed by atoms with E-state index in [1.807, 2.05) is 25.1 Å². The summed E-state index contributed by atoms with van der Waals surface area (Å²) in [6, 6.07) is 7.37. The maximum atomic E-state index is 10.3. The van der Waals surface area contributed by atoms with Crippen molar-refractivity contribution in [3.63, 3.8) is 0 Å². The summed E-state index contributed by atoms with van der Waals surface area (Å²) in [5, 5.41) is 2.90. The molecule has 0 bridgehead atoms. The first-order valence-electron chi connectivity index (χ1n) is 4.40. The highest BCUT2D eigenvalue weighted by atomic mass is 16.3. The number of benzene rings is 1. The van der Waals surface area contributed by atoms with Crippen molar-refractivity contribution in [2.45, 2.75) is 20.3 Å². The van der Waals surface area contributed by atoms with Gasteiger partial charge in [-0.1, -0.05) is 25.1 Å². The summed E-state index contributed by atoms with van der Waals surface area (Å²) in [5.74, 6) is 0. The molecule has 0 N–H and O–H groups in total. The van der Waals surface area contributed by atoms with Crippen LogP contribution >= 0.6 is 0 Å². The van der Waals surface area contributed by atoms with Crippen molar-refractivity contribution in [3.05, 3.63) is 40.8 Å². The Labute approximate surface area is 78.3 Å². The molecule has 2 heteroatoms. The van der Waals surface area contributed by atoms with Crippen molar-refractivity contribution in [3.8, 4) is 0 Å². The van der Waals surface area contributed by atoms with Crippen LogP contribution in [0.25, 0.3) is 5.57 Å². The molecule has 1 aromatic carbocycles. The minimum Gasteiger partial charge on any atom is -0.145 e. The summed E-state index contributed by atoms with van der Waals surface area (Å²) in [7, 11) is 0. The van der Waals surface area contributed by atoms with Crippen LogP contribution in [0.2, 0.25) is 0 Å². The third kappa shape index (κ3) is 2.25. The predicted molar refractivity (Wildman–Crippen MR) is 55.8 cm³/mol. The Kier molecular flexibility index (Phi) is 3.38. The van der Waals surface area contributed by atoms with Gasteiger partial charge in [-0.2, -0.15) is 0 Å². The number of hydrogen-bond acceptors (Lipinski definition) is 2. The van der Waals surface area contributed by atoms with Crippen LogP contribution in [0.3, 0.4) is 0 Å². The lowest BCUT2D eigenvalue weighted by molar-refractivity contribution is 1.23. The first-order chi connectivity index (χ1) is 6.31. The van der Waals surface area contributed by atoms with E-state index in [-0.39, 0.29) is 0 Å². The molecule has 0 aliphatic rings. The SMILES string of the molecule is C/C=C(\CC)c1cccc(N=O)c1. The van der Waals surface area contributed by atoms with Crippen molar-refractivity contribution < 1.29 is 0 Å². The number of hydrogen-bond donors (Lipinski definition) is 0. The minimum atomic E-state index is 0.491. The van der Waals surface area contributed by atoms with E-state index in [4.69, 9.17) is 0 Å². The van der Waals surface area contributed by atoms with Crippen LogP contribution in [0.4, 0.5) is 5.69 Å². The van der Waals surface area contributed by atoms with Crippen molar-refractivity contribution in [1.29, 1.82) is 0 Å². The van der Waals surface area contributed by atoms with Crippen LogP contribution in [0.5, 0.6) is 0 Å². The fourth-order valence-electron chi connectivity index (χ4n) is 1.34. The summed E-state index contributed by atoms with van der Waals surface area (Å²) >= 11 is 0. The molecule has 0 fully saturated rings. The number of nitroso groups, excluding NO2 is 1. The smallest absolute Gasteiger partial charge is 0.108 e. The molecule has 0 atom stereocenters. The average Bonchev–Trinajstić information content (AvgIpc) is 2.20. The number of nitrogens with zero attached hydrogens (tertiary/aromatic N) is 1. The molecule has 1 rings (SSSR count). The van der Waals surface area contributed by atoms with Crippen LogP contribution in [0, 0.1) is 4.91 Å². The summed E-state index contributed by atoms with van der Waals surface area (Å²) in [5.41, 5.74) is 2.82. The van der Waals surface area contributed by atoms with Crippen LogP contribution in [-0.2, 0) is 0 Å².